The van der Waals surface area contributed by atoms with Gasteiger partial charge in [-0.15, -0.1) is 11.3 Å². The van der Waals surface area contributed by atoms with Gasteiger partial charge in [0.15, 0.2) is 0 Å². The molecule has 2 aromatic heterocycles. The van der Waals surface area contributed by atoms with Crippen molar-refractivity contribution in [3.63, 3.8) is 0 Å². The van der Waals surface area contributed by atoms with Gasteiger partial charge in [-0.3, -0.25) is 0 Å². The van der Waals surface area contributed by atoms with Crippen LogP contribution in [-0.2, 0) is 4.74 Å². The van der Waals surface area contributed by atoms with Crippen molar-refractivity contribution in [2.45, 2.75) is 13.8 Å². The Morgan fingerprint density at radius 1 is 1.50 bits per heavy atom. The van der Waals surface area contributed by atoms with E-state index in [4.69, 9.17) is 16.3 Å². The van der Waals surface area contributed by atoms with Gasteiger partial charge in [0.2, 0.25) is 5.95 Å². The predicted octanol–water partition coefficient (Wildman–Crippen LogP) is 2.87. The molecule has 0 aliphatic rings. The van der Waals surface area contributed by atoms with E-state index in [1.54, 1.807) is 0 Å². The molecule has 0 atom stereocenters. The summed E-state index contributed by atoms with van der Waals surface area (Å²) in [5, 5.41) is 4.06. The van der Waals surface area contributed by atoms with E-state index in [0.29, 0.717) is 32.7 Å². The van der Waals surface area contributed by atoms with Gasteiger partial charge in [-0.1, -0.05) is 11.6 Å². The highest BCUT2D eigenvalue weighted by Crippen LogP contribution is 2.34. The van der Waals surface area contributed by atoms with Gasteiger partial charge in [0.05, 0.1) is 12.5 Å². The number of thiophene rings is 1. The minimum absolute atomic E-state index is 0.347. The van der Waals surface area contributed by atoms with Gasteiger partial charge in [-0.2, -0.15) is 0 Å². The summed E-state index contributed by atoms with van der Waals surface area (Å²) >= 11 is 7.39. The lowest BCUT2D eigenvalue weighted by atomic mass is 10.2. The molecule has 2 rings (SSSR count). The lowest BCUT2D eigenvalue weighted by molar-refractivity contribution is 0.0605. The Hall–Kier alpha value is -1.40. The van der Waals surface area contributed by atoms with Crippen LogP contribution in [0.3, 0.4) is 0 Å². The summed E-state index contributed by atoms with van der Waals surface area (Å²) < 4.78 is 4.73. The van der Waals surface area contributed by atoms with Crippen molar-refractivity contribution in [2.75, 3.05) is 19.0 Å². The Morgan fingerprint density at radius 3 is 2.83 bits per heavy atom. The molecule has 0 aliphatic carbocycles. The second-order valence-electron chi connectivity index (χ2n) is 3.60. The number of aryl methyl sites for hydroxylation is 1. The highest BCUT2D eigenvalue weighted by atomic mass is 35.5. The van der Waals surface area contributed by atoms with Gasteiger partial charge in [-0.25, -0.2) is 14.8 Å². The minimum atomic E-state index is -0.378. The zero-order valence-electron chi connectivity index (χ0n) is 10.2. The van der Waals surface area contributed by atoms with Crippen LogP contribution in [0.2, 0.25) is 5.15 Å². The molecule has 0 amide bonds. The predicted molar refractivity (Wildman–Crippen MR) is 72.7 cm³/mol. The molecule has 0 fully saturated rings. The van der Waals surface area contributed by atoms with Gasteiger partial charge >= 0.3 is 5.97 Å². The number of rotatable bonds is 3. The first kappa shape index (κ1) is 13.0. The SMILES string of the molecule is CCNc1nc(Cl)c2c(C)c(C(=O)OC)sc2n1. The van der Waals surface area contributed by atoms with E-state index in [-0.39, 0.29) is 5.97 Å². The summed E-state index contributed by atoms with van der Waals surface area (Å²) in [6, 6.07) is 0. The molecule has 7 heteroatoms. The van der Waals surface area contributed by atoms with Crippen molar-refractivity contribution in [1.29, 1.82) is 0 Å². The van der Waals surface area contributed by atoms with Crippen molar-refractivity contribution in [3.8, 4) is 0 Å². The third-order valence-corrected chi connectivity index (χ3v) is 3.89. The summed E-state index contributed by atoms with van der Waals surface area (Å²) in [7, 11) is 1.35. The maximum Gasteiger partial charge on any atom is 0.348 e. The monoisotopic (exact) mass is 285 g/mol. The van der Waals surface area contributed by atoms with Crippen LogP contribution in [0.4, 0.5) is 5.95 Å². The number of fused-ring (bicyclic) bond motifs is 1. The first-order chi connectivity index (χ1) is 8.58. The molecular formula is C11H12ClN3O2S. The Morgan fingerprint density at radius 2 is 2.22 bits per heavy atom. The lowest BCUT2D eigenvalue weighted by Crippen LogP contribution is -2.02. The second-order valence-corrected chi connectivity index (χ2v) is 4.95. The third-order valence-electron chi connectivity index (χ3n) is 2.45. The highest BCUT2D eigenvalue weighted by Gasteiger charge is 2.20. The van der Waals surface area contributed by atoms with Crippen molar-refractivity contribution in [1.82, 2.24) is 9.97 Å². The van der Waals surface area contributed by atoms with Crippen LogP contribution in [0.5, 0.6) is 0 Å². The van der Waals surface area contributed by atoms with Crippen molar-refractivity contribution in [2.24, 2.45) is 0 Å². The Balaban J connectivity index is 2.64. The first-order valence-electron chi connectivity index (χ1n) is 5.37. The summed E-state index contributed by atoms with van der Waals surface area (Å²) in [6.45, 7) is 4.46. The number of carbonyl (C=O) groups is 1. The fraction of sp³-hybridized carbons (Fsp3) is 0.364. The van der Waals surface area contributed by atoms with Gasteiger partial charge in [0, 0.05) is 6.54 Å². The number of ether oxygens (including phenoxy) is 1. The number of halogens is 1. The standard InChI is InChI=1S/C11H12ClN3O2S/c1-4-13-11-14-8(12)6-5(2)7(10(16)17-3)18-9(6)15-11/h4H2,1-3H3,(H,13,14,15). The van der Waals surface area contributed by atoms with Crippen LogP contribution in [0.25, 0.3) is 10.2 Å². The average Bonchev–Trinajstić information content (AvgIpc) is 2.66. The topological polar surface area (TPSA) is 64.1 Å². The number of hydrogen-bond acceptors (Lipinski definition) is 6. The molecule has 0 spiro atoms. The molecule has 0 radical (unpaired) electrons. The number of aromatic nitrogens is 2. The minimum Gasteiger partial charge on any atom is -0.465 e. The van der Waals surface area contributed by atoms with E-state index in [2.05, 4.69) is 15.3 Å². The number of carbonyl (C=O) groups excluding carboxylic acids is 1. The summed E-state index contributed by atoms with van der Waals surface area (Å²) in [5.41, 5.74) is 0.759. The number of hydrogen-bond donors (Lipinski definition) is 1. The Bertz CT molecular complexity index is 612. The summed E-state index contributed by atoms with van der Waals surface area (Å²) in [5.74, 6) is 0.0873. The zero-order chi connectivity index (χ0) is 13.3. The molecule has 2 heterocycles. The van der Waals surface area contributed by atoms with E-state index in [1.165, 1.54) is 18.4 Å². The van der Waals surface area contributed by atoms with E-state index < -0.39 is 0 Å². The van der Waals surface area contributed by atoms with Gasteiger partial charge in [-0.05, 0) is 19.4 Å². The molecule has 0 aromatic carbocycles. The maximum absolute atomic E-state index is 11.6. The number of nitrogens with one attached hydrogen (secondary N) is 1. The van der Waals surface area contributed by atoms with Crippen molar-refractivity contribution in [3.05, 3.63) is 15.6 Å². The van der Waals surface area contributed by atoms with Gasteiger partial charge < -0.3 is 10.1 Å². The molecule has 0 aliphatic heterocycles. The number of nitrogens with zero attached hydrogens (tertiary/aromatic N) is 2. The smallest absolute Gasteiger partial charge is 0.348 e. The van der Waals surface area contributed by atoms with Crippen LogP contribution in [0.1, 0.15) is 22.2 Å². The fourth-order valence-corrected chi connectivity index (χ4v) is 3.08. The molecule has 1 N–H and O–H groups in total. The number of esters is 1. The molecule has 2 aromatic rings. The highest BCUT2D eigenvalue weighted by molar-refractivity contribution is 7.20. The van der Waals surface area contributed by atoms with Crippen molar-refractivity contribution < 1.29 is 9.53 Å². The quantitative estimate of drug-likeness (QED) is 0.694. The van der Waals surface area contributed by atoms with E-state index in [9.17, 15) is 4.79 Å². The Labute approximate surface area is 113 Å². The molecule has 0 unspecified atom stereocenters. The average molecular weight is 286 g/mol. The normalized spacial score (nSPS) is 10.7. The molecule has 0 saturated carbocycles. The van der Waals surface area contributed by atoms with E-state index in [0.717, 1.165) is 5.56 Å². The van der Waals surface area contributed by atoms with Crippen LogP contribution in [0, 0.1) is 6.92 Å². The number of anilines is 1. The van der Waals surface area contributed by atoms with E-state index in [1.807, 2.05) is 13.8 Å². The molecule has 0 saturated heterocycles. The van der Waals surface area contributed by atoms with Crippen LogP contribution in [-0.4, -0.2) is 29.6 Å². The largest absolute Gasteiger partial charge is 0.465 e. The van der Waals surface area contributed by atoms with Gasteiger partial charge in [0.1, 0.15) is 14.9 Å². The van der Waals surface area contributed by atoms with E-state index >= 15 is 0 Å². The molecule has 96 valence electrons. The van der Waals surface area contributed by atoms with Crippen LogP contribution < -0.4 is 5.32 Å². The molecule has 5 nitrogen and oxygen atoms in total. The lowest BCUT2D eigenvalue weighted by Gasteiger charge is -2.02. The Kier molecular flexibility index (Phi) is 3.68. The van der Waals surface area contributed by atoms with Crippen molar-refractivity contribution >= 4 is 45.1 Å². The van der Waals surface area contributed by atoms with Crippen LogP contribution in [0.15, 0.2) is 0 Å². The molecular weight excluding hydrogens is 274 g/mol. The molecule has 18 heavy (non-hydrogen) atoms. The zero-order valence-corrected chi connectivity index (χ0v) is 11.8. The summed E-state index contributed by atoms with van der Waals surface area (Å²) in [4.78, 5) is 21.3. The van der Waals surface area contributed by atoms with Gasteiger partial charge in [0.25, 0.3) is 0 Å². The maximum atomic E-state index is 11.6. The summed E-state index contributed by atoms with van der Waals surface area (Å²) in [6.07, 6.45) is 0. The molecule has 0 bridgehead atoms. The second kappa shape index (κ2) is 5.07. The van der Waals surface area contributed by atoms with Crippen LogP contribution >= 0.6 is 22.9 Å². The first-order valence-corrected chi connectivity index (χ1v) is 6.56. The third kappa shape index (κ3) is 2.13. The number of methoxy groups -OCH3 is 1. The fourth-order valence-electron chi connectivity index (χ4n) is 1.61.